The normalized spacial score (nSPS) is 11.2. The van der Waals surface area contributed by atoms with Crippen LogP contribution in [0.1, 0.15) is 15.9 Å². The number of nitrogens with one attached hydrogen (secondary N) is 1. The summed E-state index contributed by atoms with van der Waals surface area (Å²) in [5, 5.41) is 2.68. The fourth-order valence-electron chi connectivity index (χ4n) is 1.66. The van der Waals surface area contributed by atoms with Crippen molar-refractivity contribution in [2.45, 2.75) is 11.8 Å². The lowest BCUT2D eigenvalue weighted by atomic mass is 10.1. The standard InChI is InChI=1S/C14H12ClNO4S/c1-9-2-4-10(5-3-9)14(17)16-13-8-11(21(18,19)20)6-7-12(13)15/h2-8H,1H3,(H,16,17)(H,18,19,20). The van der Waals surface area contributed by atoms with E-state index in [-0.39, 0.29) is 15.6 Å². The third-order valence-electron chi connectivity index (χ3n) is 2.80. The lowest BCUT2D eigenvalue weighted by Gasteiger charge is -2.09. The highest BCUT2D eigenvalue weighted by atomic mass is 35.5. The molecule has 21 heavy (non-hydrogen) atoms. The predicted molar refractivity (Wildman–Crippen MR) is 80.4 cm³/mol. The van der Waals surface area contributed by atoms with Crippen molar-refractivity contribution in [1.82, 2.24) is 0 Å². The fraction of sp³-hybridized carbons (Fsp3) is 0.0714. The van der Waals surface area contributed by atoms with Crippen molar-refractivity contribution in [1.29, 1.82) is 0 Å². The Morgan fingerprint density at radius 1 is 1.14 bits per heavy atom. The van der Waals surface area contributed by atoms with Crippen LogP contribution in [0.3, 0.4) is 0 Å². The van der Waals surface area contributed by atoms with Gasteiger partial charge in [-0.05, 0) is 37.3 Å². The van der Waals surface area contributed by atoms with E-state index in [2.05, 4.69) is 5.32 Å². The fourth-order valence-corrected chi connectivity index (χ4v) is 2.33. The van der Waals surface area contributed by atoms with E-state index >= 15 is 0 Å². The van der Waals surface area contributed by atoms with Gasteiger partial charge in [-0.15, -0.1) is 0 Å². The minimum Gasteiger partial charge on any atom is -0.321 e. The van der Waals surface area contributed by atoms with E-state index in [1.165, 1.54) is 6.07 Å². The molecule has 0 fully saturated rings. The summed E-state index contributed by atoms with van der Waals surface area (Å²) < 4.78 is 31.2. The van der Waals surface area contributed by atoms with Gasteiger partial charge < -0.3 is 5.32 Å². The maximum Gasteiger partial charge on any atom is 0.294 e. The summed E-state index contributed by atoms with van der Waals surface area (Å²) >= 11 is 5.91. The number of carbonyl (C=O) groups excluding carboxylic acids is 1. The SMILES string of the molecule is Cc1ccc(C(=O)Nc2cc(S(=O)(=O)O)ccc2Cl)cc1. The predicted octanol–water partition coefficient (Wildman–Crippen LogP) is 3.15. The monoisotopic (exact) mass is 325 g/mol. The van der Waals surface area contributed by atoms with Crippen molar-refractivity contribution in [3.8, 4) is 0 Å². The van der Waals surface area contributed by atoms with Gasteiger partial charge in [0.25, 0.3) is 16.0 Å². The maximum absolute atomic E-state index is 12.1. The molecule has 0 aliphatic heterocycles. The highest BCUT2D eigenvalue weighted by Crippen LogP contribution is 2.25. The minimum atomic E-state index is -4.36. The van der Waals surface area contributed by atoms with Crippen molar-refractivity contribution in [3.05, 3.63) is 58.6 Å². The topological polar surface area (TPSA) is 83.5 Å². The highest BCUT2D eigenvalue weighted by Gasteiger charge is 2.14. The molecule has 0 spiro atoms. The molecule has 5 nitrogen and oxygen atoms in total. The first-order valence-corrected chi connectivity index (χ1v) is 7.74. The number of amides is 1. The smallest absolute Gasteiger partial charge is 0.294 e. The number of benzene rings is 2. The number of halogens is 1. The zero-order chi connectivity index (χ0) is 15.6. The van der Waals surface area contributed by atoms with Crippen LogP contribution in [-0.2, 0) is 10.1 Å². The number of hydrogen-bond acceptors (Lipinski definition) is 3. The number of carbonyl (C=O) groups is 1. The molecule has 7 heteroatoms. The average Bonchev–Trinajstić information content (AvgIpc) is 2.40. The van der Waals surface area contributed by atoms with Crippen molar-refractivity contribution >= 4 is 33.3 Å². The molecule has 0 atom stereocenters. The second-order valence-electron chi connectivity index (χ2n) is 4.44. The van der Waals surface area contributed by atoms with Crippen molar-refractivity contribution in [2.24, 2.45) is 0 Å². The Balaban J connectivity index is 2.31. The third kappa shape index (κ3) is 3.81. The zero-order valence-corrected chi connectivity index (χ0v) is 12.6. The second kappa shape index (κ2) is 5.85. The molecule has 0 aliphatic carbocycles. The first kappa shape index (κ1) is 15.5. The van der Waals surface area contributed by atoms with E-state index in [9.17, 15) is 13.2 Å². The molecule has 2 aromatic carbocycles. The second-order valence-corrected chi connectivity index (χ2v) is 6.27. The molecule has 0 aliphatic rings. The van der Waals surface area contributed by atoms with Crippen LogP contribution in [0, 0.1) is 6.92 Å². The molecule has 0 heterocycles. The van der Waals surface area contributed by atoms with Gasteiger partial charge in [0.15, 0.2) is 0 Å². The van der Waals surface area contributed by atoms with Gasteiger partial charge in [0.1, 0.15) is 0 Å². The summed E-state index contributed by atoms with van der Waals surface area (Å²) in [5.74, 6) is -0.426. The molecular formula is C14H12ClNO4S. The Hall–Kier alpha value is -1.89. The molecule has 1 amide bonds. The first-order chi connectivity index (χ1) is 9.77. The summed E-state index contributed by atoms with van der Waals surface area (Å²) in [6.45, 7) is 1.90. The van der Waals surface area contributed by atoms with E-state index in [1.54, 1.807) is 24.3 Å². The Morgan fingerprint density at radius 3 is 2.33 bits per heavy atom. The maximum atomic E-state index is 12.1. The van der Waals surface area contributed by atoms with Crippen LogP contribution in [-0.4, -0.2) is 18.9 Å². The minimum absolute atomic E-state index is 0.109. The Morgan fingerprint density at radius 2 is 1.76 bits per heavy atom. The number of aryl methyl sites for hydroxylation is 1. The van der Waals surface area contributed by atoms with Crippen LogP contribution in [0.2, 0.25) is 5.02 Å². The molecule has 0 unspecified atom stereocenters. The Bertz CT molecular complexity index is 785. The molecule has 2 aromatic rings. The van der Waals surface area contributed by atoms with Gasteiger partial charge in [0.05, 0.1) is 15.6 Å². The van der Waals surface area contributed by atoms with E-state index in [0.29, 0.717) is 5.56 Å². The van der Waals surface area contributed by atoms with Crippen LogP contribution >= 0.6 is 11.6 Å². The summed E-state index contributed by atoms with van der Waals surface area (Å²) in [6.07, 6.45) is 0. The van der Waals surface area contributed by atoms with Crippen LogP contribution in [0.4, 0.5) is 5.69 Å². The highest BCUT2D eigenvalue weighted by molar-refractivity contribution is 7.85. The molecule has 0 radical (unpaired) electrons. The lowest BCUT2D eigenvalue weighted by Crippen LogP contribution is -2.12. The molecule has 110 valence electrons. The molecule has 2 rings (SSSR count). The van der Waals surface area contributed by atoms with Gasteiger partial charge in [0.2, 0.25) is 0 Å². The van der Waals surface area contributed by atoms with Crippen LogP contribution in [0.25, 0.3) is 0 Å². The molecule has 0 aromatic heterocycles. The first-order valence-electron chi connectivity index (χ1n) is 5.92. The van der Waals surface area contributed by atoms with Crippen molar-refractivity contribution in [2.75, 3.05) is 5.32 Å². The summed E-state index contributed by atoms with van der Waals surface area (Å²) in [7, 11) is -4.36. The van der Waals surface area contributed by atoms with Gasteiger partial charge in [-0.2, -0.15) is 8.42 Å². The van der Waals surface area contributed by atoms with Crippen molar-refractivity contribution < 1.29 is 17.8 Å². The Kier molecular flexibility index (Phi) is 4.32. The average molecular weight is 326 g/mol. The summed E-state index contributed by atoms with van der Waals surface area (Å²) in [5.41, 5.74) is 1.53. The number of rotatable bonds is 3. The molecule has 2 N–H and O–H groups in total. The van der Waals surface area contributed by atoms with Gasteiger partial charge in [-0.3, -0.25) is 9.35 Å². The van der Waals surface area contributed by atoms with Crippen LogP contribution in [0.5, 0.6) is 0 Å². The van der Waals surface area contributed by atoms with E-state index in [4.69, 9.17) is 16.2 Å². The van der Waals surface area contributed by atoms with E-state index < -0.39 is 16.0 Å². The molecule has 0 saturated heterocycles. The largest absolute Gasteiger partial charge is 0.321 e. The Labute approximate surface area is 127 Å². The van der Waals surface area contributed by atoms with Gasteiger partial charge in [-0.1, -0.05) is 29.3 Å². The van der Waals surface area contributed by atoms with Gasteiger partial charge in [-0.25, -0.2) is 0 Å². The molecular weight excluding hydrogens is 314 g/mol. The van der Waals surface area contributed by atoms with E-state index in [0.717, 1.165) is 17.7 Å². The quantitative estimate of drug-likeness (QED) is 0.849. The summed E-state index contributed by atoms with van der Waals surface area (Å²) in [4.78, 5) is 11.7. The number of hydrogen-bond donors (Lipinski definition) is 2. The summed E-state index contributed by atoms with van der Waals surface area (Å²) in [6, 6.07) is 10.4. The molecule has 0 saturated carbocycles. The third-order valence-corrected chi connectivity index (χ3v) is 3.98. The number of anilines is 1. The zero-order valence-electron chi connectivity index (χ0n) is 11.0. The molecule has 0 bridgehead atoms. The van der Waals surface area contributed by atoms with E-state index in [1.807, 2.05) is 6.92 Å². The van der Waals surface area contributed by atoms with Gasteiger partial charge in [0, 0.05) is 5.56 Å². The lowest BCUT2D eigenvalue weighted by molar-refractivity contribution is 0.102. The van der Waals surface area contributed by atoms with Crippen LogP contribution < -0.4 is 5.32 Å². The van der Waals surface area contributed by atoms with Crippen LogP contribution in [0.15, 0.2) is 47.4 Å². The van der Waals surface area contributed by atoms with Gasteiger partial charge >= 0.3 is 0 Å². The van der Waals surface area contributed by atoms with Crippen molar-refractivity contribution in [3.63, 3.8) is 0 Å².